The first-order valence-electron chi connectivity index (χ1n) is 5.70. The SMILES string of the molecule is CNCc1cc(S(=O)(=O)NCc2cnn(C)c2)cs1. The Labute approximate surface area is 116 Å². The fraction of sp³-hybridized carbons (Fsp3) is 0.364. The van der Waals surface area contributed by atoms with E-state index in [-0.39, 0.29) is 6.54 Å². The second-order valence-corrected chi connectivity index (χ2v) is 6.89. The van der Waals surface area contributed by atoms with E-state index < -0.39 is 10.0 Å². The summed E-state index contributed by atoms with van der Waals surface area (Å²) in [5.74, 6) is 0. The summed E-state index contributed by atoms with van der Waals surface area (Å²) in [6, 6.07) is 1.69. The zero-order chi connectivity index (χ0) is 13.9. The smallest absolute Gasteiger partial charge is 0.241 e. The Kier molecular flexibility index (Phi) is 4.35. The van der Waals surface area contributed by atoms with Crippen LogP contribution in [0.25, 0.3) is 0 Å². The Morgan fingerprint density at radius 3 is 2.84 bits per heavy atom. The first kappa shape index (κ1) is 14.2. The van der Waals surface area contributed by atoms with E-state index >= 15 is 0 Å². The van der Waals surface area contributed by atoms with Gasteiger partial charge in [-0.25, -0.2) is 13.1 Å². The van der Waals surface area contributed by atoms with Crippen LogP contribution in [0.3, 0.4) is 0 Å². The third-order valence-electron chi connectivity index (χ3n) is 2.52. The predicted octanol–water partition coefficient (Wildman–Crippen LogP) is 0.679. The first-order chi connectivity index (χ1) is 9.01. The molecule has 0 aromatic carbocycles. The minimum absolute atomic E-state index is 0.243. The molecule has 6 nitrogen and oxygen atoms in total. The van der Waals surface area contributed by atoms with Gasteiger partial charge in [-0.2, -0.15) is 5.10 Å². The normalized spacial score (nSPS) is 11.9. The van der Waals surface area contributed by atoms with E-state index in [9.17, 15) is 8.42 Å². The number of nitrogens with zero attached hydrogens (tertiary/aromatic N) is 2. The van der Waals surface area contributed by atoms with Crippen LogP contribution in [0, 0.1) is 0 Å². The third-order valence-corrected chi connectivity index (χ3v) is 4.98. The first-order valence-corrected chi connectivity index (χ1v) is 8.07. The van der Waals surface area contributed by atoms with Gasteiger partial charge >= 0.3 is 0 Å². The van der Waals surface area contributed by atoms with Gasteiger partial charge in [0.2, 0.25) is 10.0 Å². The van der Waals surface area contributed by atoms with Gasteiger partial charge in [0.25, 0.3) is 0 Å². The molecular weight excluding hydrogens is 284 g/mol. The number of aromatic nitrogens is 2. The van der Waals surface area contributed by atoms with Crippen LogP contribution in [0.15, 0.2) is 28.7 Å². The molecule has 104 valence electrons. The molecule has 0 aliphatic rings. The van der Waals surface area contributed by atoms with Crippen LogP contribution < -0.4 is 10.0 Å². The molecule has 2 rings (SSSR count). The lowest BCUT2D eigenvalue weighted by Crippen LogP contribution is -2.22. The van der Waals surface area contributed by atoms with Gasteiger partial charge in [-0.05, 0) is 13.1 Å². The standard InChI is InChI=1S/C11H16N4O2S2/c1-12-6-10-3-11(8-18-10)19(16,17)14-5-9-4-13-15(2)7-9/h3-4,7-8,12,14H,5-6H2,1-2H3. The van der Waals surface area contributed by atoms with Crippen molar-refractivity contribution in [2.24, 2.45) is 7.05 Å². The van der Waals surface area contributed by atoms with E-state index in [4.69, 9.17) is 0 Å². The number of sulfonamides is 1. The molecule has 2 N–H and O–H groups in total. The molecule has 8 heteroatoms. The second-order valence-electron chi connectivity index (χ2n) is 4.13. The minimum atomic E-state index is -3.45. The summed E-state index contributed by atoms with van der Waals surface area (Å²) >= 11 is 1.43. The molecule has 0 bridgehead atoms. The van der Waals surface area contributed by atoms with Crippen molar-refractivity contribution in [1.82, 2.24) is 19.8 Å². The van der Waals surface area contributed by atoms with Gasteiger partial charge in [-0.3, -0.25) is 4.68 Å². The van der Waals surface area contributed by atoms with Crippen molar-refractivity contribution in [2.45, 2.75) is 18.0 Å². The van der Waals surface area contributed by atoms with E-state index in [1.54, 1.807) is 35.6 Å². The largest absolute Gasteiger partial charge is 0.315 e. The second kappa shape index (κ2) is 5.83. The molecule has 0 saturated heterocycles. The Balaban J connectivity index is 2.04. The summed E-state index contributed by atoms with van der Waals surface area (Å²) < 4.78 is 28.4. The number of hydrogen-bond donors (Lipinski definition) is 2. The van der Waals surface area contributed by atoms with Crippen molar-refractivity contribution in [1.29, 1.82) is 0 Å². The molecule has 0 unspecified atom stereocenters. The Morgan fingerprint density at radius 2 is 2.21 bits per heavy atom. The molecule has 0 saturated carbocycles. The predicted molar refractivity (Wildman–Crippen MR) is 74.3 cm³/mol. The molecule has 0 aliphatic carbocycles. The van der Waals surface area contributed by atoms with Gasteiger partial charge in [0.15, 0.2) is 0 Å². The van der Waals surface area contributed by atoms with E-state index in [2.05, 4.69) is 15.1 Å². The molecular formula is C11H16N4O2S2. The van der Waals surface area contributed by atoms with Crippen molar-refractivity contribution in [3.8, 4) is 0 Å². The highest BCUT2D eigenvalue weighted by molar-refractivity contribution is 7.89. The number of thiophene rings is 1. The van der Waals surface area contributed by atoms with Crippen LogP contribution in [0.5, 0.6) is 0 Å². The maximum Gasteiger partial charge on any atom is 0.241 e. The Bertz CT molecular complexity index is 645. The summed E-state index contributed by atoms with van der Waals surface area (Å²) in [7, 11) is 0.169. The van der Waals surface area contributed by atoms with Gasteiger partial charge in [-0.1, -0.05) is 0 Å². The summed E-state index contributed by atoms with van der Waals surface area (Å²) in [4.78, 5) is 1.30. The number of aryl methyl sites for hydroxylation is 1. The lowest BCUT2D eigenvalue weighted by Gasteiger charge is -2.02. The Hall–Kier alpha value is -1.22. The summed E-state index contributed by atoms with van der Waals surface area (Å²) in [6.07, 6.45) is 3.42. The molecule has 0 fully saturated rings. The maximum atomic E-state index is 12.1. The lowest BCUT2D eigenvalue weighted by molar-refractivity contribution is 0.581. The monoisotopic (exact) mass is 300 g/mol. The quantitative estimate of drug-likeness (QED) is 0.822. The maximum absolute atomic E-state index is 12.1. The highest BCUT2D eigenvalue weighted by Crippen LogP contribution is 2.19. The van der Waals surface area contributed by atoms with Gasteiger partial charge in [0.1, 0.15) is 0 Å². The average molecular weight is 300 g/mol. The molecule has 0 atom stereocenters. The number of hydrogen-bond acceptors (Lipinski definition) is 5. The van der Waals surface area contributed by atoms with E-state index in [0.29, 0.717) is 11.4 Å². The van der Waals surface area contributed by atoms with Crippen molar-refractivity contribution in [3.05, 3.63) is 34.3 Å². The van der Waals surface area contributed by atoms with Crippen molar-refractivity contribution < 1.29 is 8.42 Å². The number of nitrogens with one attached hydrogen (secondary N) is 2. The van der Waals surface area contributed by atoms with Crippen molar-refractivity contribution in [2.75, 3.05) is 7.05 Å². The van der Waals surface area contributed by atoms with E-state index in [0.717, 1.165) is 10.4 Å². The van der Waals surface area contributed by atoms with Crippen LogP contribution in [-0.2, 0) is 30.2 Å². The summed E-state index contributed by atoms with van der Waals surface area (Å²) in [5, 5.41) is 8.64. The zero-order valence-corrected chi connectivity index (χ0v) is 12.4. The van der Waals surface area contributed by atoms with Gasteiger partial charge in [0, 0.05) is 42.2 Å². The summed E-state index contributed by atoms with van der Waals surface area (Å²) in [5.41, 5.74) is 0.830. The van der Waals surface area contributed by atoms with Crippen LogP contribution in [0.4, 0.5) is 0 Å². The molecule has 0 spiro atoms. The van der Waals surface area contributed by atoms with Gasteiger partial charge in [0.05, 0.1) is 11.1 Å². The summed E-state index contributed by atoms with van der Waals surface area (Å²) in [6.45, 7) is 0.913. The molecule has 0 aliphatic heterocycles. The van der Waals surface area contributed by atoms with Crippen LogP contribution in [-0.4, -0.2) is 25.2 Å². The van der Waals surface area contributed by atoms with Crippen LogP contribution in [0.1, 0.15) is 10.4 Å². The van der Waals surface area contributed by atoms with E-state index in [1.165, 1.54) is 11.3 Å². The van der Waals surface area contributed by atoms with E-state index in [1.807, 2.05) is 7.05 Å². The number of rotatable bonds is 6. The molecule has 19 heavy (non-hydrogen) atoms. The van der Waals surface area contributed by atoms with Crippen LogP contribution >= 0.6 is 11.3 Å². The topological polar surface area (TPSA) is 76.0 Å². The molecule has 2 heterocycles. The van der Waals surface area contributed by atoms with Crippen molar-refractivity contribution in [3.63, 3.8) is 0 Å². The average Bonchev–Trinajstić information content (AvgIpc) is 2.97. The highest BCUT2D eigenvalue weighted by Gasteiger charge is 2.16. The zero-order valence-electron chi connectivity index (χ0n) is 10.8. The highest BCUT2D eigenvalue weighted by atomic mass is 32.2. The fourth-order valence-corrected chi connectivity index (χ4v) is 3.90. The van der Waals surface area contributed by atoms with Crippen LogP contribution in [0.2, 0.25) is 0 Å². The third kappa shape index (κ3) is 3.63. The van der Waals surface area contributed by atoms with Crippen molar-refractivity contribution >= 4 is 21.4 Å². The molecule has 2 aromatic rings. The van der Waals surface area contributed by atoms with Gasteiger partial charge in [-0.15, -0.1) is 11.3 Å². The van der Waals surface area contributed by atoms with Gasteiger partial charge < -0.3 is 5.32 Å². The molecule has 0 radical (unpaired) electrons. The molecule has 0 amide bonds. The minimum Gasteiger partial charge on any atom is -0.315 e. The Morgan fingerprint density at radius 1 is 1.42 bits per heavy atom. The molecule has 2 aromatic heterocycles. The fourth-order valence-electron chi connectivity index (χ4n) is 1.59. The lowest BCUT2D eigenvalue weighted by atomic mass is 10.4.